The van der Waals surface area contributed by atoms with E-state index in [1.54, 1.807) is 19.1 Å². The molecule has 0 spiro atoms. The van der Waals surface area contributed by atoms with E-state index in [1.807, 2.05) is 24.3 Å². The fraction of sp³-hybridized carbons (Fsp3) is 0.381. The molecule has 1 aliphatic heterocycles. The first kappa shape index (κ1) is 19.0. The fourth-order valence-corrected chi connectivity index (χ4v) is 3.04. The zero-order valence-corrected chi connectivity index (χ0v) is 16.0. The maximum absolute atomic E-state index is 12.3. The summed E-state index contributed by atoms with van der Waals surface area (Å²) in [6, 6.07) is 16.0. The summed E-state index contributed by atoms with van der Waals surface area (Å²) in [6.07, 6.45) is 0. The Labute approximate surface area is 160 Å². The van der Waals surface area contributed by atoms with Crippen molar-refractivity contribution in [2.45, 2.75) is 13.1 Å². The highest BCUT2D eigenvalue weighted by atomic mass is 16.5. The molecule has 1 heterocycles. The maximum atomic E-state index is 12.3. The van der Waals surface area contributed by atoms with Gasteiger partial charge in [0.05, 0.1) is 20.3 Å². The quantitative estimate of drug-likeness (QED) is 0.851. The van der Waals surface area contributed by atoms with Crippen molar-refractivity contribution < 1.29 is 14.3 Å². The number of methoxy groups -OCH3 is 1. The minimum Gasteiger partial charge on any atom is -0.497 e. The zero-order chi connectivity index (χ0) is 19.1. The molecule has 144 valence electrons. The first-order valence-corrected chi connectivity index (χ1v) is 9.19. The van der Waals surface area contributed by atoms with Gasteiger partial charge in [0.15, 0.2) is 0 Å². The lowest BCUT2D eigenvalue weighted by atomic mass is 10.2. The average Bonchev–Trinajstić information content (AvgIpc) is 2.73. The van der Waals surface area contributed by atoms with Crippen molar-refractivity contribution in [1.29, 1.82) is 0 Å². The normalized spacial score (nSPS) is 13.9. The summed E-state index contributed by atoms with van der Waals surface area (Å²) >= 11 is 0. The summed E-state index contributed by atoms with van der Waals surface area (Å²) in [5.41, 5.74) is 3.34. The molecule has 6 heteroatoms. The number of carbonyl (C=O) groups is 1. The maximum Gasteiger partial charge on any atom is 0.317 e. The molecule has 1 saturated heterocycles. The van der Waals surface area contributed by atoms with Gasteiger partial charge in [-0.3, -0.25) is 0 Å². The van der Waals surface area contributed by atoms with E-state index in [4.69, 9.17) is 9.47 Å². The van der Waals surface area contributed by atoms with Crippen LogP contribution in [0, 0.1) is 0 Å². The van der Waals surface area contributed by atoms with Crippen LogP contribution in [0.2, 0.25) is 0 Å². The number of morpholine rings is 1. The molecular weight excluding hydrogens is 342 g/mol. The monoisotopic (exact) mass is 369 g/mol. The molecule has 0 aliphatic carbocycles. The van der Waals surface area contributed by atoms with Crippen molar-refractivity contribution in [3.8, 4) is 5.75 Å². The van der Waals surface area contributed by atoms with Gasteiger partial charge in [-0.25, -0.2) is 4.79 Å². The van der Waals surface area contributed by atoms with E-state index in [-0.39, 0.29) is 6.03 Å². The first-order chi connectivity index (χ1) is 13.2. The van der Waals surface area contributed by atoms with Crippen LogP contribution in [0.1, 0.15) is 11.1 Å². The Hall–Kier alpha value is -2.73. The lowest BCUT2D eigenvalue weighted by Gasteiger charge is -2.29. The highest BCUT2D eigenvalue weighted by molar-refractivity contribution is 5.73. The fourth-order valence-electron chi connectivity index (χ4n) is 3.04. The first-order valence-electron chi connectivity index (χ1n) is 9.19. The smallest absolute Gasteiger partial charge is 0.317 e. The predicted molar refractivity (Wildman–Crippen MR) is 106 cm³/mol. The Morgan fingerprint density at radius 1 is 1.07 bits per heavy atom. The Morgan fingerprint density at radius 2 is 1.70 bits per heavy atom. The summed E-state index contributed by atoms with van der Waals surface area (Å²) in [7, 11) is 3.44. The standard InChI is InChI=1S/C21H27N3O3/c1-23(21(25)22-15-17-5-9-20(26-2)10-6-17)16-18-3-7-19(8-4-18)24-11-13-27-14-12-24/h3-10H,11-16H2,1-2H3,(H,22,25). The summed E-state index contributed by atoms with van der Waals surface area (Å²) in [5.74, 6) is 0.808. The van der Waals surface area contributed by atoms with E-state index < -0.39 is 0 Å². The van der Waals surface area contributed by atoms with E-state index in [0.717, 1.165) is 43.2 Å². The molecular formula is C21H27N3O3. The Kier molecular flexibility index (Phi) is 6.54. The van der Waals surface area contributed by atoms with Crippen LogP contribution in [-0.2, 0) is 17.8 Å². The Bertz CT molecular complexity index is 725. The molecule has 0 bridgehead atoms. The molecule has 1 fully saturated rings. The molecule has 27 heavy (non-hydrogen) atoms. The zero-order valence-electron chi connectivity index (χ0n) is 16.0. The van der Waals surface area contributed by atoms with Crippen LogP contribution >= 0.6 is 0 Å². The Morgan fingerprint density at radius 3 is 2.33 bits per heavy atom. The number of hydrogen-bond acceptors (Lipinski definition) is 4. The van der Waals surface area contributed by atoms with Gasteiger partial charge in [0, 0.05) is 38.9 Å². The number of hydrogen-bond donors (Lipinski definition) is 1. The number of amides is 2. The largest absolute Gasteiger partial charge is 0.497 e. The highest BCUT2D eigenvalue weighted by Crippen LogP contribution is 2.17. The number of urea groups is 1. The van der Waals surface area contributed by atoms with Crippen LogP contribution in [0.15, 0.2) is 48.5 Å². The minimum absolute atomic E-state index is 0.0944. The average molecular weight is 369 g/mol. The van der Waals surface area contributed by atoms with Gasteiger partial charge in [-0.1, -0.05) is 24.3 Å². The van der Waals surface area contributed by atoms with E-state index in [0.29, 0.717) is 13.1 Å². The van der Waals surface area contributed by atoms with Crippen LogP contribution < -0.4 is 15.0 Å². The van der Waals surface area contributed by atoms with Gasteiger partial charge in [-0.2, -0.15) is 0 Å². The number of anilines is 1. The second-order valence-electron chi connectivity index (χ2n) is 6.63. The van der Waals surface area contributed by atoms with Gasteiger partial charge >= 0.3 is 6.03 Å². The van der Waals surface area contributed by atoms with Crippen LogP contribution in [0.3, 0.4) is 0 Å². The SMILES string of the molecule is COc1ccc(CNC(=O)N(C)Cc2ccc(N3CCOCC3)cc2)cc1. The molecule has 1 N–H and O–H groups in total. The van der Waals surface area contributed by atoms with Crippen LogP contribution in [0.5, 0.6) is 5.75 Å². The summed E-state index contributed by atoms with van der Waals surface area (Å²) in [4.78, 5) is 16.3. The van der Waals surface area contributed by atoms with E-state index in [9.17, 15) is 4.79 Å². The lowest BCUT2D eigenvalue weighted by molar-refractivity contribution is 0.122. The molecule has 0 aromatic heterocycles. The summed E-state index contributed by atoms with van der Waals surface area (Å²) in [5, 5.41) is 2.94. The molecule has 0 unspecified atom stereocenters. The number of rotatable bonds is 6. The number of nitrogens with zero attached hydrogens (tertiary/aromatic N) is 2. The van der Waals surface area contributed by atoms with Gasteiger partial charge in [0.1, 0.15) is 5.75 Å². The predicted octanol–water partition coefficient (Wildman–Crippen LogP) is 2.87. The molecule has 2 amide bonds. The second-order valence-corrected chi connectivity index (χ2v) is 6.63. The molecule has 3 rings (SSSR count). The molecule has 1 aliphatic rings. The molecule has 2 aromatic rings. The third-order valence-corrected chi connectivity index (χ3v) is 4.68. The topological polar surface area (TPSA) is 54.0 Å². The third kappa shape index (κ3) is 5.37. The molecule has 2 aromatic carbocycles. The molecule has 0 atom stereocenters. The van der Waals surface area contributed by atoms with Gasteiger partial charge in [0.2, 0.25) is 0 Å². The van der Waals surface area contributed by atoms with Crippen LogP contribution in [0.25, 0.3) is 0 Å². The highest BCUT2D eigenvalue weighted by Gasteiger charge is 2.12. The van der Waals surface area contributed by atoms with E-state index in [2.05, 4.69) is 34.5 Å². The summed E-state index contributed by atoms with van der Waals surface area (Å²) < 4.78 is 10.5. The number of carbonyl (C=O) groups excluding carboxylic acids is 1. The summed E-state index contributed by atoms with van der Waals surface area (Å²) in [6.45, 7) is 4.46. The van der Waals surface area contributed by atoms with Crippen LogP contribution in [0.4, 0.5) is 10.5 Å². The molecule has 6 nitrogen and oxygen atoms in total. The van der Waals surface area contributed by atoms with Crippen molar-refractivity contribution in [3.63, 3.8) is 0 Å². The van der Waals surface area contributed by atoms with E-state index in [1.165, 1.54) is 5.69 Å². The number of nitrogens with one attached hydrogen (secondary N) is 1. The van der Waals surface area contributed by atoms with E-state index >= 15 is 0 Å². The van der Waals surface area contributed by atoms with Crippen molar-refractivity contribution in [2.75, 3.05) is 45.4 Å². The second kappa shape index (κ2) is 9.28. The molecule has 0 saturated carbocycles. The van der Waals surface area contributed by atoms with Crippen molar-refractivity contribution in [2.24, 2.45) is 0 Å². The lowest BCUT2D eigenvalue weighted by Crippen LogP contribution is -2.36. The van der Waals surface area contributed by atoms with Crippen molar-refractivity contribution >= 4 is 11.7 Å². The third-order valence-electron chi connectivity index (χ3n) is 4.68. The van der Waals surface area contributed by atoms with Gasteiger partial charge in [0.25, 0.3) is 0 Å². The van der Waals surface area contributed by atoms with Crippen molar-refractivity contribution in [1.82, 2.24) is 10.2 Å². The van der Waals surface area contributed by atoms with Crippen molar-refractivity contribution in [3.05, 3.63) is 59.7 Å². The van der Waals surface area contributed by atoms with Crippen LogP contribution in [-0.4, -0.2) is 51.4 Å². The van der Waals surface area contributed by atoms with Gasteiger partial charge < -0.3 is 24.6 Å². The number of benzene rings is 2. The number of ether oxygens (including phenoxy) is 2. The Balaban J connectivity index is 1.48. The van der Waals surface area contributed by atoms with Gasteiger partial charge in [-0.05, 0) is 35.4 Å². The molecule has 0 radical (unpaired) electrons. The minimum atomic E-state index is -0.0944. The van der Waals surface area contributed by atoms with Gasteiger partial charge in [-0.15, -0.1) is 0 Å².